The van der Waals surface area contributed by atoms with Gasteiger partial charge in [0.2, 0.25) is 10.0 Å². The number of nitrogens with zero attached hydrogens (tertiary/aromatic N) is 1. The zero-order valence-corrected chi connectivity index (χ0v) is 11.7. The molecule has 1 aromatic carbocycles. The molecular formula is C12H18N2O4S. The van der Waals surface area contributed by atoms with Gasteiger partial charge in [-0.15, -0.1) is 0 Å². The molecule has 1 saturated heterocycles. The van der Waals surface area contributed by atoms with Crippen LogP contribution in [-0.2, 0) is 10.0 Å². The number of β-amino-alcohol motifs (C(OH)–C–C–N with tert-alkyl or cyclic N) is 2. The van der Waals surface area contributed by atoms with Crippen molar-refractivity contribution in [3.63, 3.8) is 0 Å². The molecule has 106 valence electrons. The van der Waals surface area contributed by atoms with E-state index in [-0.39, 0.29) is 18.0 Å². The highest BCUT2D eigenvalue weighted by Crippen LogP contribution is 2.26. The van der Waals surface area contributed by atoms with E-state index in [0.29, 0.717) is 5.69 Å². The van der Waals surface area contributed by atoms with E-state index in [0.717, 1.165) is 15.4 Å². The Hall–Kier alpha value is -1.15. The van der Waals surface area contributed by atoms with Crippen LogP contribution in [0.4, 0.5) is 5.69 Å². The molecule has 1 fully saturated rings. The number of hydrogen-bond acceptors (Lipinski definition) is 5. The summed E-state index contributed by atoms with van der Waals surface area (Å²) in [6.45, 7) is 3.41. The molecule has 19 heavy (non-hydrogen) atoms. The summed E-state index contributed by atoms with van der Waals surface area (Å²) in [5.41, 5.74) is 7.84. The summed E-state index contributed by atoms with van der Waals surface area (Å²) >= 11 is 0. The van der Waals surface area contributed by atoms with Gasteiger partial charge in [0, 0.05) is 18.8 Å². The molecule has 2 rings (SSSR count). The molecule has 4 N–H and O–H groups in total. The average Bonchev–Trinajstić information content (AvgIpc) is 2.66. The van der Waals surface area contributed by atoms with Crippen LogP contribution in [0.3, 0.4) is 0 Å². The number of benzene rings is 1. The largest absolute Gasteiger partial charge is 0.398 e. The molecule has 7 heteroatoms. The normalized spacial score (nSPS) is 24.8. The molecule has 1 aliphatic heterocycles. The molecule has 0 saturated carbocycles. The van der Waals surface area contributed by atoms with Crippen molar-refractivity contribution in [1.29, 1.82) is 0 Å². The van der Waals surface area contributed by atoms with Crippen LogP contribution in [0.5, 0.6) is 0 Å². The van der Waals surface area contributed by atoms with E-state index in [1.54, 1.807) is 13.0 Å². The van der Waals surface area contributed by atoms with Crippen molar-refractivity contribution in [2.24, 2.45) is 0 Å². The maximum absolute atomic E-state index is 12.4. The summed E-state index contributed by atoms with van der Waals surface area (Å²) in [6, 6.07) is 2.97. The first-order valence-corrected chi connectivity index (χ1v) is 7.40. The Morgan fingerprint density at radius 3 is 2.21 bits per heavy atom. The summed E-state index contributed by atoms with van der Waals surface area (Å²) in [6.07, 6.45) is -2.09. The van der Waals surface area contributed by atoms with Crippen molar-refractivity contribution in [2.75, 3.05) is 18.8 Å². The number of aryl methyl sites for hydroxylation is 1. The van der Waals surface area contributed by atoms with Gasteiger partial charge in [-0.2, -0.15) is 4.31 Å². The predicted octanol–water partition coefficient (Wildman–Crippen LogP) is -0.388. The molecule has 0 radical (unpaired) electrons. The summed E-state index contributed by atoms with van der Waals surface area (Å²) in [4.78, 5) is 0.0920. The molecule has 2 atom stereocenters. The van der Waals surface area contributed by atoms with Gasteiger partial charge < -0.3 is 15.9 Å². The first-order chi connectivity index (χ1) is 8.73. The Morgan fingerprint density at radius 1 is 1.21 bits per heavy atom. The number of nitrogen functional groups attached to an aromatic ring is 1. The van der Waals surface area contributed by atoms with Crippen LogP contribution in [0.2, 0.25) is 0 Å². The highest BCUT2D eigenvalue weighted by Gasteiger charge is 2.37. The minimum atomic E-state index is -3.73. The Bertz CT molecular complexity index is 567. The molecule has 1 heterocycles. The van der Waals surface area contributed by atoms with Crippen molar-refractivity contribution < 1.29 is 18.6 Å². The van der Waals surface area contributed by atoms with Crippen molar-refractivity contribution >= 4 is 15.7 Å². The lowest BCUT2D eigenvalue weighted by Gasteiger charge is -2.17. The standard InChI is InChI=1S/C12H18N2O4S/c1-7-3-9(4-10(13)8(7)2)19(17,18)14-5-11(15)12(16)6-14/h3-4,11-12,15-16H,5-6,13H2,1-2H3/t11-,12+. The second kappa shape index (κ2) is 4.75. The number of nitrogens with two attached hydrogens (primary N) is 1. The minimum Gasteiger partial charge on any atom is -0.398 e. The number of rotatable bonds is 2. The number of anilines is 1. The van der Waals surface area contributed by atoms with Gasteiger partial charge in [0.05, 0.1) is 17.1 Å². The van der Waals surface area contributed by atoms with Gasteiger partial charge in [-0.3, -0.25) is 0 Å². The molecule has 0 amide bonds. The molecular weight excluding hydrogens is 268 g/mol. The van der Waals surface area contributed by atoms with Crippen molar-refractivity contribution in [3.05, 3.63) is 23.3 Å². The van der Waals surface area contributed by atoms with Crippen LogP contribution in [-0.4, -0.2) is 48.2 Å². The Balaban J connectivity index is 2.41. The topological polar surface area (TPSA) is 104 Å². The maximum atomic E-state index is 12.4. The Labute approximate surface area is 112 Å². The fourth-order valence-electron chi connectivity index (χ4n) is 2.08. The minimum absolute atomic E-state index is 0.0920. The molecule has 6 nitrogen and oxygen atoms in total. The molecule has 1 aliphatic rings. The van der Waals surface area contributed by atoms with E-state index in [9.17, 15) is 18.6 Å². The van der Waals surface area contributed by atoms with Crippen LogP contribution < -0.4 is 5.73 Å². The molecule has 0 bridgehead atoms. The quantitative estimate of drug-likeness (QED) is 0.642. The molecule has 1 aromatic rings. The third-order valence-corrected chi connectivity index (χ3v) is 5.35. The Morgan fingerprint density at radius 2 is 1.74 bits per heavy atom. The second-order valence-electron chi connectivity index (χ2n) is 4.91. The third-order valence-electron chi connectivity index (χ3n) is 3.54. The highest BCUT2D eigenvalue weighted by atomic mass is 32.2. The fourth-order valence-corrected chi connectivity index (χ4v) is 3.68. The van der Waals surface area contributed by atoms with Gasteiger partial charge in [-0.1, -0.05) is 0 Å². The van der Waals surface area contributed by atoms with Crippen molar-refractivity contribution in [2.45, 2.75) is 31.0 Å². The smallest absolute Gasteiger partial charge is 0.243 e. The first-order valence-electron chi connectivity index (χ1n) is 5.96. The molecule has 0 aromatic heterocycles. The fraction of sp³-hybridized carbons (Fsp3) is 0.500. The van der Waals surface area contributed by atoms with Crippen molar-refractivity contribution in [3.8, 4) is 0 Å². The summed E-state index contributed by atoms with van der Waals surface area (Å²) < 4.78 is 25.9. The van der Waals surface area contributed by atoms with Crippen LogP contribution in [0.25, 0.3) is 0 Å². The zero-order chi connectivity index (χ0) is 14.4. The summed E-state index contributed by atoms with van der Waals surface area (Å²) in [5.74, 6) is 0. The lowest BCUT2D eigenvalue weighted by Crippen LogP contribution is -2.30. The SMILES string of the molecule is Cc1cc(S(=O)(=O)N2C[C@@H](O)[C@@H](O)C2)cc(N)c1C. The summed E-state index contributed by atoms with van der Waals surface area (Å²) in [5, 5.41) is 18.9. The highest BCUT2D eigenvalue weighted by molar-refractivity contribution is 7.89. The number of aliphatic hydroxyl groups is 2. The number of sulfonamides is 1. The monoisotopic (exact) mass is 286 g/mol. The van der Waals surface area contributed by atoms with Crippen LogP contribution >= 0.6 is 0 Å². The van der Waals surface area contributed by atoms with Crippen LogP contribution in [0.15, 0.2) is 17.0 Å². The van der Waals surface area contributed by atoms with E-state index in [2.05, 4.69) is 0 Å². The first kappa shape index (κ1) is 14.3. The van der Waals surface area contributed by atoms with Gasteiger partial charge in [0.15, 0.2) is 0 Å². The predicted molar refractivity (Wildman–Crippen MR) is 71.1 cm³/mol. The lowest BCUT2D eigenvalue weighted by atomic mass is 10.1. The van der Waals surface area contributed by atoms with Crippen LogP contribution in [0.1, 0.15) is 11.1 Å². The average molecular weight is 286 g/mol. The third kappa shape index (κ3) is 2.46. The molecule has 0 spiro atoms. The maximum Gasteiger partial charge on any atom is 0.243 e. The Kier molecular flexibility index (Phi) is 3.57. The molecule has 0 aliphatic carbocycles. The van der Waals surface area contributed by atoms with Crippen LogP contribution in [0, 0.1) is 13.8 Å². The van der Waals surface area contributed by atoms with Gasteiger partial charge in [0.1, 0.15) is 0 Å². The summed E-state index contributed by atoms with van der Waals surface area (Å²) in [7, 11) is -3.73. The van der Waals surface area contributed by atoms with Gasteiger partial charge in [0.25, 0.3) is 0 Å². The lowest BCUT2D eigenvalue weighted by molar-refractivity contribution is 0.0572. The van der Waals surface area contributed by atoms with Crippen molar-refractivity contribution in [1.82, 2.24) is 4.31 Å². The molecule has 0 unspecified atom stereocenters. The van der Waals surface area contributed by atoms with E-state index < -0.39 is 22.2 Å². The number of aliphatic hydroxyl groups excluding tert-OH is 2. The van der Waals surface area contributed by atoms with Gasteiger partial charge >= 0.3 is 0 Å². The van der Waals surface area contributed by atoms with Gasteiger partial charge in [-0.05, 0) is 37.1 Å². The zero-order valence-electron chi connectivity index (χ0n) is 10.9. The van der Waals surface area contributed by atoms with E-state index >= 15 is 0 Å². The second-order valence-corrected chi connectivity index (χ2v) is 6.85. The van der Waals surface area contributed by atoms with E-state index in [1.807, 2.05) is 6.92 Å². The van der Waals surface area contributed by atoms with E-state index in [1.165, 1.54) is 6.07 Å². The number of hydrogen-bond donors (Lipinski definition) is 3. The van der Waals surface area contributed by atoms with Gasteiger partial charge in [-0.25, -0.2) is 8.42 Å². The van der Waals surface area contributed by atoms with E-state index in [4.69, 9.17) is 5.73 Å².